The highest BCUT2D eigenvalue weighted by Gasteiger charge is 2.07. The Hall–Kier alpha value is -3.25. The summed E-state index contributed by atoms with van der Waals surface area (Å²) in [5.41, 5.74) is 2.03. The number of hydrogen-bond donors (Lipinski definition) is 2. The first-order valence-electron chi connectivity index (χ1n) is 8.67. The molecule has 0 aromatic heterocycles. The maximum absolute atomic E-state index is 12.3. The van der Waals surface area contributed by atoms with Crippen molar-refractivity contribution in [1.82, 2.24) is 0 Å². The van der Waals surface area contributed by atoms with E-state index < -0.39 is 0 Å². The van der Waals surface area contributed by atoms with Crippen LogP contribution in [0.5, 0.6) is 5.75 Å². The Morgan fingerprint density at radius 1 is 0.821 bits per heavy atom. The van der Waals surface area contributed by atoms with E-state index in [0.29, 0.717) is 22.8 Å². The Labute approximate surface area is 168 Å². The number of nitrogens with one attached hydrogen (secondary N) is 2. The Kier molecular flexibility index (Phi) is 6.70. The van der Waals surface area contributed by atoms with Gasteiger partial charge in [0.2, 0.25) is 5.91 Å². The van der Waals surface area contributed by atoms with Gasteiger partial charge < -0.3 is 15.4 Å². The summed E-state index contributed by atoms with van der Waals surface area (Å²) < 4.78 is 5.09. The molecule has 0 aliphatic rings. The minimum absolute atomic E-state index is 0.0620. The molecular formula is C22H20N2O3S. The van der Waals surface area contributed by atoms with Gasteiger partial charge in [-0.1, -0.05) is 18.2 Å². The van der Waals surface area contributed by atoms with Gasteiger partial charge in [0.05, 0.1) is 12.9 Å². The summed E-state index contributed by atoms with van der Waals surface area (Å²) in [6.07, 6.45) is 0. The zero-order valence-corrected chi connectivity index (χ0v) is 16.2. The SMILES string of the molecule is COc1ccc(C(=O)Nc2ccc(SCC(=O)Nc3ccccc3)cc2)cc1. The smallest absolute Gasteiger partial charge is 0.255 e. The lowest BCUT2D eigenvalue weighted by atomic mass is 10.2. The molecule has 142 valence electrons. The zero-order chi connectivity index (χ0) is 19.8. The van der Waals surface area contributed by atoms with Gasteiger partial charge in [0, 0.05) is 21.8 Å². The van der Waals surface area contributed by atoms with Crippen molar-refractivity contribution in [3.8, 4) is 5.75 Å². The summed E-state index contributed by atoms with van der Waals surface area (Å²) >= 11 is 1.44. The number of methoxy groups -OCH3 is 1. The van der Waals surface area contributed by atoms with Crippen molar-refractivity contribution >= 4 is 35.0 Å². The third-order valence-corrected chi connectivity index (χ3v) is 4.90. The molecule has 0 saturated heterocycles. The lowest BCUT2D eigenvalue weighted by molar-refractivity contribution is -0.113. The second-order valence-electron chi connectivity index (χ2n) is 5.91. The van der Waals surface area contributed by atoms with E-state index in [1.54, 1.807) is 31.4 Å². The van der Waals surface area contributed by atoms with Crippen LogP contribution in [0.3, 0.4) is 0 Å². The maximum Gasteiger partial charge on any atom is 0.255 e. The highest BCUT2D eigenvalue weighted by atomic mass is 32.2. The van der Waals surface area contributed by atoms with Gasteiger partial charge in [-0.25, -0.2) is 0 Å². The van der Waals surface area contributed by atoms with Crippen LogP contribution in [0.1, 0.15) is 10.4 Å². The van der Waals surface area contributed by atoms with Crippen molar-refractivity contribution in [2.75, 3.05) is 23.5 Å². The van der Waals surface area contributed by atoms with E-state index in [-0.39, 0.29) is 11.8 Å². The minimum atomic E-state index is -0.190. The monoisotopic (exact) mass is 392 g/mol. The van der Waals surface area contributed by atoms with Crippen molar-refractivity contribution in [2.45, 2.75) is 4.90 Å². The van der Waals surface area contributed by atoms with Gasteiger partial charge in [0.15, 0.2) is 0 Å². The highest BCUT2D eigenvalue weighted by molar-refractivity contribution is 8.00. The second kappa shape index (κ2) is 9.62. The molecule has 2 N–H and O–H groups in total. The highest BCUT2D eigenvalue weighted by Crippen LogP contribution is 2.21. The maximum atomic E-state index is 12.3. The number of carbonyl (C=O) groups is 2. The molecule has 0 saturated carbocycles. The van der Waals surface area contributed by atoms with Crippen LogP contribution in [0.2, 0.25) is 0 Å². The van der Waals surface area contributed by atoms with Crippen LogP contribution < -0.4 is 15.4 Å². The number of para-hydroxylation sites is 1. The Morgan fingerprint density at radius 2 is 1.46 bits per heavy atom. The molecule has 3 aromatic carbocycles. The van der Waals surface area contributed by atoms with Gasteiger partial charge in [-0.05, 0) is 60.7 Å². The molecule has 0 atom stereocenters. The minimum Gasteiger partial charge on any atom is -0.497 e. The molecule has 3 rings (SSSR count). The summed E-state index contributed by atoms with van der Waals surface area (Å²) in [5.74, 6) is 0.763. The molecule has 2 amide bonds. The number of rotatable bonds is 7. The number of carbonyl (C=O) groups excluding carboxylic acids is 2. The summed E-state index contributed by atoms with van der Waals surface area (Å²) in [6, 6.07) is 23.7. The fourth-order valence-electron chi connectivity index (χ4n) is 2.45. The molecule has 0 fully saturated rings. The molecule has 0 unspecified atom stereocenters. The van der Waals surface area contributed by atoms with Crippen molar-refractivity contribution in [2.24, 2.45) is 0 Å². The average Bonchev–Trinajstić information content (AvgIpc) is 2.74. The molecular weight excluding hydrogens is 372 g/mol. The predicted molar refractivity (Wildman–Crippen MR) is 113 cm³/mol. The van der Waals surface area contributed by atoms with E-state index in [9.17, 15) is 9.59 Å². The van der Waals surface area contributed by atoms with Crippen molar-refractivity contribution in [3.05, 3.63) is 84.4 Å². The number of hydrogen-bond acceptors (Lipinski definition) is 4. The summed E-state index contributed by atoms with van der Waals surface area (Å²) in [6.45, 7) is 0. The Balaban J connectivity index is 1.50. The summed E-state index contributed by atoms with van der Waals surface area (Å²) in [7, 11) is 1.58. The van der Waals surface area contributed by atoms with Crippen LogP contribution in [-0.4, -0.2) is 24.7 Å². The molecule has 0 heterocycles. The van der Waals surface area contributed by atoms with Crippen LogP contribution in [-0.2, 0) is 4.79 Å². The van der Waals surface area contributed by atoms with Gasteiger partial charge >= 0.3 is 0 Å². The van der Waals surface area contributed by atoms with Crippen LogP contribution >= 0.6 is 11.8 Å². The van der Waals surface area contributed by atoms with Gasteiger partial charge in [0.25, 0.3) is 5.91 Å². The van der Waals surface area contributed by atoms with E-state index >= 15 is 0 Å². The first kappa shape index (κ1) is 19.5. The lowest BCUT2D eigenvalue weighted by Gasteiger charge is -2.08. The first-order valence-corrected chi connectivity index (χ1v) is 9.66. The molecule has 3 aromatic rings. The van der Waals surface area contributed by atoms with E-state index in [4.69, 9.17) is 4.74 Å². The van der Waals surface area contributed by atoms with Crippen LogP contribution in [0.4, 0.5) is 11.4 Å². The third-order valence-electron chi connectivity index (χ3n) is 3.89. The van der Waals surface area contributed by atoms with Crippen molar-refractivity contribution < 1.29 is 14.3 Å². The number of thioether (sulfide) groups is 1. The molecule has 0 radical (unpaired) electrons. The van der Waals surface area contributed by atoms with E-state index in [1.165, 1.54) is 11.8 Å². The topological polar surface area (TPSA) is 67.4 Å². The van der Waals surface area contributed by atoms with E-state index in [0.717, 1.165) is 10.6 Å². The fraction of sp³-hybridized carbons (Fsp3) is 0.0909. The standard InChI is InChI=1S/C22H20N2O3S/c1-27-19-11-7-16(8-12-19)22(26)24-18-9-13-20(14-10-18)28-15-21(25)23-17-5-3-2-4-6-17/h2-14H,15H2,1H3,(H,23,25)(H,24,26). The van der Waals surface area contributed by atoms with E-state index in [1.807, 2.05) is 54.6 Å². The number of amides is 2. The molecule has 0 bridgehead atoms. The number of anilines is 2. The van der Waals surface area contributed by atoms with Crippen LogP contribution in [0, 0.1) is 0 Å². The Bertz CT molecular complexity index is 926. The van der Waals surface area contributed by atoms with Gasteiger partial charge in [0.1, 0.15) is 5.75 Å². The normalized spacial score (nSPS) is 10.2. The predicted octanol–water partition coefficient (Wildman–Crippen LogP) is 4.68. The van der Waals surface area contributed by atoms with Gasteiger partial charge in [-0.3, -0.25) is 9.59 Å². The quantitative estimate of drug-likeness (QED) is 0.573. The molecule has 6 heteroatoms. The molecule has 0 spiro atoms. The molecule has 0 aliphatic carbocycles. The van der Waals surface area contributed by atoms with Gasteiger partial charge in [-0.15, -0.1) is 11.8 Å². The van der Waals surface area contributed by atoms with Crippen molar-refractivity contribution in [3.63, 3.8) is 0 Å². The molecule has 0 aliphatic heterocycles. The largest absolute Gasteiger partial charge is 0.497 e. The first-order chi connectivity index (χ1) is 13.6. The number of ether oxygens (including phenoxy) is 1. The second-order valence-corrected chi connectivity index (χ2v) is 6.96. The summed E-state index contributed by atoms with van der Waals surface area (Å²) in [5, 5.41) is 5.70. The summed E-state index contributed by atoms with van der Waals surface area (Å²) in [4.78, 5) is 25.2. The molecule has 5 nitrogen and oxygen atoms in total. The zero-order valence-electron chi connectivity index (χ0n) is 15.3. The van der Waals surface area contributed by atoms with Crippen LogP contribution in [0.25, 0.3) is 0 Å². The fourth-order valence-corrected chi connectivity index (χ4v) is 3.15. The molecule has 28 heavy (non-hydrogen) atoms. The Morgan fingerprint density at radius 3 is 2.11 bits per heavy atom. The van der Waals surface area contributed by atoms with Gasteiger partial charge in [-0.2, -0.15) is 0 Å². The van der Waals surface area contributed by atoms with E-state index in [2.05, 4.69) is 10.6 Å². The number of benzene rings is 3. The third kappa shape index (κ3) is 5.62. The van der Waals surface area contributed by atoms with Crippen LogP contribution in [0.15, 0.2) is 83.8 Å². The average molecular weight is 392 g/mol. The lowest BCUT2D eigenvalue weighted by Crippen LogP contribution is -2.13. The van der Waals surface area contributed by atoms with Crippen molar-refractivity contribution in [1.29, 1.82) is 0 Å².